The highest BCUT2D eigenvalue weighted by molar-refractivity contribution is 5.34. The van der Waals surface area contributed by atoms with Crippen molar-refractivity contribution in [2.45, 2.75) is 6.42 Å². The van der Waals surface area contributed by atoms with Gasteiger partial charge in [0, 0.05) is 6.20 Å². The molecule has 0 unspecified atom stereocenters. The van der Waals surface area contributed by atoms with Crippen LogP contribution in [0.15, 0.2) is 42.6 Å². The molecule has 0 aliphatic rings. The number of anilines is 1. The lowest BCUT2D eigenvalue weighted by molar-refractivity contribution is 0.414. The van der Waals surface area contributed by atoms with E-state index in [0.29, 0.717) is 5.82 Å². The molecule has 82 valence electrons. The van der Waals surface area contributed by atoms with Crippen LogP contribution in [0.4, 0.5) is 5.82 Å². The van der Waals surface area contributed by atoms with Gasteiger partial charge in [0.05, 0.1) is 7.11 Å². The van der Waals surface area contributed by atoms with Gasteiger partial charge in [-0.2, -0.15) is 0 Å². The van der Waals surface area contributed by atoms with Gasteiger partial charge in [-0.25, -0.2) is 4.98 Å². The number of hydrogen-bond donors (Lipinski definition) is 1. The van der Waals surface area contributed by atoms with E-state index >= 15 is 0 Å². The molecule has 2 N–H and O–H groups in total. The van der Waals surface area contributed by atoms with E-state index in [9.17, 15) is 0 Å². The minimum absolute atomic E-state index is 0.550. The minimum Gasteiger partial charge on any atom is -0.497 e. The van der Waals surface area contributed by atoms with E-state index in [1.807, 2.05) is 30.3 Å². The average molecular weight is 214 g/mol. The van der Waals surface area contributed by atoms with Crippen LogP contribution in [0.2, 0.25) is 0 Å². The van der Waals surface area contributed by atoms with Gasteiger partial charge in [0.15, 0.2) is 0 Å². The molecule has 0 radical (unpaired) electrons. The molecule has 3 heteroatoms. The van der Waals surface area contributed by atoms with Crippen molar-refractivity contribution < 1.29 is 4.74 Å². The Labute approximate surface area is 94.9 Å². The van der Waals surface area contributed by atoms with E-state index in [1.54, 1.807) is 13.3 Å². The summed E-state index contributed by atoms with van der Waals surface area (Å²) in [5, 5.41) is 0. The Morgan fingerprint density at radius 3 is 2.75 bits per heavy atom. The van der Waals surface area contributed by atoms with Crippen molar-refractivity contribution in [2.24, 2.45) is 0 Å². The Morgan fingerprint density at radius 1 is 1.19 bits per heavy atom. The Balaban J connectivity index is 2.16. The SMILES string of the molecule is COc1cccc(Cc2ccc(N)nc2)c1. The van der Waals surface area contributed by atoms with Crippen LogP contribution in [-0.4, -0.2) is 12.1 Å². The second kappa shape index (κ2) is 4.66. The van der Waals surface area contributed by atoms with Crippen LogP contribution in [0.1, 0.15) is 11.1 Å². The number of ether oxygens (including phenoxy) is 1. The lowest BCUT2D eigenvalue weighted by Gasteiger charge is -2.04. The van der Waals surface area contributed by atoms with Gasteiger partial charge in [0.1, 0.15) is 11.6 Å². The van der Waals surface area contributed by atoms with E-state index in [0.717, 1.165) is 17.7 Å². The smallest absolute Gasteiger partial charge is 0.123 e. The van der Waals surface area contributed by atoms with E-state index in [4.69, 9.17) is 10.5 Å². The molecule has 1 heterocycles. The minimum atomic E-state index is 0.550. The molecule has 0 bridgehead atoms. The number of rotatable bonds is 3. The second-order valence-corrected chi connectivity index (χ2v) is 3.62. The summed E-state index contributed by atoms with van der Waals surface area (Å²) in [6, 6.07) is 11.8. The van der Waals surface area contributed by atoms with Crippen LogP contribution in [0.25, 0.3) is 0 Å². The summed E-state index contributed by atoms with van der Waals surface area (Å²) in [6.45, 7) is 0. The van der Waals surface area contributed by atoms with E-state index < -0.39 is 0 Å². The van der Waals surface area contributed by atoms with Crippen LogP contribution in [0, 0.1) is 0 Å². The van der Waals surface area contributed by atoms with Crippen molar-refractivity contribution in [1.29, 1.82) is 0 Å². The number of hydrogen-bond acceptors (Lipinski definition) is 3. The average Bonchev–Trinajstić information content (AvgIpc) is 2.32. The molecule has 0 saturated carbocycles. The number of pyridine rings is 1. The summed E-state index contributed by atoms with van der Waals surface area (Å²) in [4.78, 5) is 4.06. The van der Waals surface area contributed by atoms with E-state index in [1.165, 1.54) is 5.56 Å². The molecular formula is C13H14N2O. The van der Waals surface area contributed by atoms with Crippen molar-refractivity contribution in [3.8, 4) is 5.75 Å². The lowest BCUT2D eigenvalue weighted by atomic mass is 10.1. The fourth-order valence-electron chi connectivity index (χ4n) is 1.56. The first-order chi connectivity index (χ1) is 7.78. The topological polar surface area (TPSA) is 48.1 Å². The standard InChI is InChI=1S/C13H14N2O/c1-16-12-4-2-3-10(8-12)7-11-5-6-13(14)15-9-11/h2-6,8-9H,7H2,1H3,(H2,14,15). The second-order valence-electron chi connectivity index (χ2n) is 3.62. The molecule has 0 atom stereocenters. The number of aromatic nitrogens is 1. The van der Waals surface area contributed by atoms with Crippen molar-refractivity contribution in [1.82, 2.24) is 4.98 Å². The molecule has 0 fully saturated rings. The Kier molecular flexibility index (Phi) is 3.05. The molecule has 1 aromatic heterocycles. The summed E-state index contributed by atoms with van der Waals surface area (Å²) in [6.07, 6.45) is 2.64. The Hall–Kier alpha value is -2.03. The first-order valence-corrected chi connectivity index (χ1v) is 5.11. The van der Waals surface area contributed by atoms with Gasteiger partial charge in [0.25, 0.3) is 0 Å². The predicted octanol–water partition coefficient (Wildman–Crippen LogP) is 2.26. The highest BCUT2D eigenvalue weighted by Crippen LogP contribution is 2.15. The zero-order valence-corrected chi connectivity index (χ0v) is 9.18. The fraction of sp³-hybridized carbons (Fsp3) is 0.154. The van der Waals surface area contributed by atoms with Crippen LogP contribution >= 0.6 is 0 Å². The molecule has 0 spiro atoms. The van der Waals surface area contributed by atoms with Gasteiger partial charge in [-0.1, -0.05) is 18.2 Å². The summed E-state index contributed by atoms with van der Waals surface area (Å²) in [7, 11) is 1.67. The molecule has 0 aliphatic carbocycles. The Morgan fingerprint density at radius 2 is 2.06 bits per heavy atom. The normalized spacial score (nSPS) is 10.1. The molecular weight excluding hydrogens is 200 g/mol. The van der Waals surface area contributed by atoms with Gasteiger partial charge >= 0.3 is 0 Å². The largest absolute Gasteiger partial charge is 0.497 e. The van der Waals surface area contributed by atoms with Crippen molar-refractivity contribution >= 4 is 5.82 Å². The third-order valence-electron chi connectivity index (χ3n) is 2.39. The lowest BCUT2D eigenvalue weighted by Crippen LogP contribution is -1.93. The molecule has 2 rings (SSSR count). The maximum absolute atomic E-state index is 5.53. The van der Waals surface area contributed by atoms with Gasteiger partial charge in [0.2, 0.25) is 0 Å². The molecule has 2 aromatic rings. The maximum Gasteiger partial charge on any atom is 0.123 e. The maximum atomic E-state index is 5.53. The van der Waals surface area contributed by atoms with Crippen molar-refractivity contribution in [3.63, 3.8) is 0 Å². The number of methoxy groups -OCH3 is 1. The summed E-state index contributed by atoms with van der Waals surface area (Å²) in [5.41, 5.74) is 7.88. The summed E-state index contributed by atoms with van der Waals surface area (Å²) >= 11 is 0. The zero-order valence-electron chi connectivity index (χ0n) is 9.18. The van der Waals surface area contributed by atoms with Crippen molar-refractivity contribution in [2.75, 3.05) is 12.8 Å². The highest BCUT2D eigenvalue weighted by Gasteiger charge is 1.98. The van der Waals surface area contributed by atoms with Crippen LogP contribution in [0.3, 0.4) is 0 Å². The third kappa shape index (κ3) is 2.51. The molecule has 0 amide bonds. The van der Waals surface area contributed by atoms with E-state index in [2.05, 4.69) is 11.1 Å². The third-order valence-corrected chi connectivity index (χ3v) is 2.39. The molecule has 0 saturated heterocycles. The Bertz CT molecular complexity index is 466. The van der Waals surface area contributed by atoms with Gasteiger partial charge in [-0.05, 0) is 35.7 Å². The molecule has 0 aliphatic heterocycles. The van der Waals surface area contributed by atoms with Crippen molar-refractivity contribution in [3.05, 3.63) is 53.7 Å². The molecule has 3 nitrogen and oxygen atoms in total. The number of nitrogens with zero attached hydrogens (tertiary/aromatic N) is 1. The summed E-state index contributed by atoms with van der Waals surface area (Å²) in [5.74, 6) is 1.43. The predicted molar refractivity (Wildman–Crippen MR) is 64.4 cm³/mol. The first-order valence-electron chi connectivity index (χ1n) is 5.11. The van der Waals surface area contributed by atoms with Gasteiger partial charge in [-0.3, -0.25) is 0 Å². The molecule has 1 aromatic carbocycles. The van der Waals surface area contributed by atoms with Crippen LogP contribution < -0.4 is 10.5 Å². The first kappa shape index (κ1) is 10.5. The number of benzene rings is 1. The van der Waals surface area contributed by atoms with Crippen LogP contribution in [0.5, 0.6) is 5.75 Å². The van der Waals surface area contributed by atoms with E-state index in [-0.39, 0.29) is 0 Å². The highest BCUT2D eigenvalue weighted by atomic mass is 16.5. The summed E-state index contributed by atoms with van der Waals surface area (Å²) < 4.78 is 5.18. The molecule has 16 heavy (non-hydrogen) atoms. The monoisotopic (exact) mass is 214 g/mol. The van der Waals surface area contributed by atoms with Gasteiger partial charge in [-0.15, -0.1) is 0 Å². The zero-order chi connectivity index (χ0) is 11.4. The fourth-order valence-corrected chi connectivity index (χ4v) is 1.56. The quantitative estimate of drug-likeness (QED) is 0.852. The number of nitrogens with two attached hydrogens (primary N) is 1. The van der Waals surface area contributed by atoms with Crippen LogP contribution in [-0.2, 0) is 6.42 Å². The van der Waals surface area contributed by atoms with Gasteiger partial charge < -0.3 is 10.5 Å². The number of nitrogen functional groups attached to an aromatic ring is 1.